The molecule has 10 heteroatoms. The van der Waals surface area contributed by atoms with E-state index < -0.39 is 10.0 Å². The smallest absolute Gasteiger partial charge is 0.245 e. The number of hydrogen-bond acceptors (Lipinski definition) is 6. The van der Waals surface area contributed by atoms with E-state index in [1.54, 1.807) is 11.6 Å². The highest BCUT2D eigenvalue weighted by atomic mass is 79.9. The maximum Gasteiger partial charge on any atom is 0.245 e. The van der Waals surface area contributed by atoms with E-state index >= 15 is 0 Å². The summed E-state index contributed by atoms with van der Waals surface area (Å²) in [6, 6.07) is 1.25. The van der Waals surface area contributed by atoms with Crippen molar-refractivity contribution in [2.45, 2.75) is 18.0 Å². The van der Waals surface area contributed by atoms with Crippen LogP contribution in [0.2, 0.25) is 0 Å². The fraction of sp³-hybridized carbons (Fsp3) is 0.333. The van der Waals surface area contributed by atoms with Gasteiger partial charge in [-0.25, -0.2) is 13.1 Å². The first kappa shape index (κ1) is 14.2. The van der Waals surface area contributed by atoms with Crippen LogP contribution in [-0.4, -0.2) is 28.3 Å². The van der Waals surface area contributed by atoms with Gasteiger partial charge in [-0.05, 0) is 15.9 Å². The van der Waals surface area contributed by atoms with Crippen molar-refractivity contribution < 1.29 is 17.9 Å². The number of rotatable bonds is 5. The van der Waals surface area contributed by atoms with Crippen LogP contribution in [-0.2, 0) is 30.2 Å². The summed E-state index contributed by atoms with van der Waals surface area (Å²) in [5.41, 5.74) is 0. The van der Waals surface area contributed by atoms with Crippen LogP contribution < -0.4 is 4.72 Å². The second-order valence-corrected chi connectivity index (χ2v) is 6.15. The monoisotopic (exact) mass is 350 g/mol. The number of halogens is 1. The van der Waals surface area contributed by atoms with Crippen molar-refractivity contribution >= 4 is 26.0 Å². The first-order valence-electron chi connectivity index (χ1n) is 5.15. The third kappa shape index (κ3) is 3.03. The van der Waals surface area contributed by atoms with E-state index in [4.69, 9.17) is 9.52 Å². The Kier molecular flexibility index (Phi) is 4.04. The first-order valence-corrected chi connectivity index (χ1v) is 7.43. The Morgan fingerprint density at radius 3 is 2.84 bits per heavy atom. The van der Waals surface area contributed by atoms with Gasteiger partial charge >= 0.3 is 0 Å². The molecular weight excluding hydrogens is 340 g/mol. The Labute approximate surface area is 117 Å². The Balaban J connectivity index is 2.18. The molecule has 0 atom stereocenters. The topological polar surface area (TPSA) is 110 Å². The zero-order chi connectivity index (χ0) is 14.0. The van der Waals surface area contributed by atoms with Crippen LogP contribution in [0.4, 0.5) is 0 Å². The number of nitrogens with zero attached hydrogens (tertiary/aromatic N) is 3. The van der Waals surface area contributed by atoms with Crippen LogP contribution >= 0.6 is 15.9 Å². The second-order valence-electron chi connectivity index (χ2n) is 3.69. The average Bonchev–Trinajstić information content (AvgIpc) is 2.93. The molecule has 0 saturated heterocycles. The lowest BCUT2D eigenvalue weighted by Crippen LogP contribution is -2.24. The predicted octanol–water partition coefficient (Wildman–Crippen LogP) is 0.141. The van der Waals surface area contributed by atoms with Gasteiger partial charge in [-0.3, -0.25) is 0 Å². The summed E-state index contributed by atoms with van der Waals surface area (Å²) >= 11 is 3.00. The number of nitrogens with one attached hydrogen (secondary N) is 1. The number of aliphatic hydroxyl groups is 1. The Hall–Kier alpha value is -1.23. The maximum absolute atomic E-state index is 12.0. The third-order valence-electron chi connectivity index (χ3n) is 2.38. The van der Waals surface area contributed by atoms with Gasteiger partial charge in [0.2, 0.25) is 10.0 Å². The molecule has 2 aromatic rings. The maximum atomic E-state index is 12.0. The van der Waals surface area contributed by atoms with Gasteiger partial charge in [-0.1, -0.05) is 0 Å². The van der Waals surface area contributed by atoms with Gasteiger partial charge in [0, 0.05) is 13.1 Å². The molecule has 2 heterocycles. The second kappa shape index (κ2) is 5.41. The normalized spacial score (nSPS) is 11.9. The van der Waals surface area contributed by atoms with Crippen LogP contribution in [0.3, 0.4) is 0 Å². The molecule has 2 rings (SSSR count). The van der Waals surface area contributed by atoms with Crippen molar-refractivity contribution in [3.05, 3.63) is 28.6 Å². The number of furan rings is 1. The highest BCUT2D eigenvalue weighted by Crippen LogP contribution is 2.26. The molecule has 0 aliphatic rings. The minimum atomic E-state index is -3.76. The van der Waals surface area contributed by atoms with Gasteiger partial charge in [0.1, 0.15) is 29.4 Å². The van der Waals surface area contributed by atoms with Crippen molar-refractivity contribution in [1.29, 1.82) is 0 Å². The van der Waals surface area contributed by atoms with Gasteiger partial charge in [0.05, 0.1) is 6.54 Å². The lowest BCUT2D eigenvalue weighted by atomic mass is 10.5. The largest absolute Gasteiger partial charge is 0.450 e. The first-order chi connectivity index (χ1) is 8.94. The van der Waals surface area contributed by atoms with E-state index in [2.05, 4.69) is 30.8 Å². The molecule has 2 N–H and O–H groups in total. The molecular formula is C9H11BrN4O4S. The molecule has 0 aliphatic heterocycles. The van der Waals surface area contributed by atoms with Crippen molar-refractivity contribution in [2.75, 3.05) is 0 Å². The number of sulfonamides is 1. The average molecular weight is 351 g/mol. The zero-order valence-corrected chi connectivity index (χ0v) is 12.3. The number of hydrogen-bond donors (Lipinski definition) is 2. The van der Waals surface area contributed by atoms with Crippen molar-refractivity contribution in [1.82, 2.24) is 19.5 Å². The van der Waals surface area contributed by atoms with E-state index in [-0.39, 0.29) is 28.5 Å². The Morgan fingerprint density at radius 1 is 1.58 bits per heavy atom. The minimum absolute atomic E-state index is 0.00487. The van der Waals surface area contributed by atoms with E-state index in [0.717, 1.165) is 0 Å². The summed E-state index contributed by atoms with van der Waals surface area (Å²) < 4.78 is 33.1. The lowest BCUT2D eigenvalue weighted by molar-refractivity contribution is 0.245. The van der Waals surface area contributed by atoms with Gasteiger partial charge in [0.25, 0.3) is 0 Å². The summed E-state index contributed by atoms with van der Waals surface area (Å²) in [6.07, 6.45) is 1.47. The number of aromatic nitrogens is 3. The predicted molar refractivity (Wildman–Crippen MR) is 67.4 cm³/mol. The molecule has 0 aliphatic carbocycles. The zero-order valence-electron chi connectivity index (χ0n) is 9.87. The Morgan fingerprint density at radius 2 is 2.32 bits per heavy atom. The van der Waals surface area contributed by atoms with Gasteiger partial charge < -0.3 is 14.1 Å². The SMILES string of the molecule is Cn1cnnc1CNS(=O)(=O)c1cc(CO)oc1Br. The van der Waals surface area contributed by atoms with Crippen molar-refractivity contribution in [3.63, 3.8) is 0 Å². The van der Waals surface area contributed by atoms with Gasteiger partial charge in [-0.2, -0.15) is 0 Å². The fourth-order valence-electron chi connectivity index (χ4n) is 1.36. The van der Waals surface area contributed by atoms with Crippen LogP contribution in [0.15, 0.2) is 26.4 Å². The number of aryl methyl sites for hydroxylation is 1. The van der Waals surface area contributed by atoms with Crippen molar-refractivity contribution in [3.8, 4) is 0 Å². The van der Waals surface area contributed by atoms with Gasteiger partial charge in [0.15, 0.2) is 4.67 Å². The van der Waals surface area contributed by atoms with Crippen LogP contribution in [0.25, 0.3) is 0 Å². The molecule has 0 amide bonds. The molecule has 0 unspecified atom stereocenters. The van der Waals surface area contributed by atoms with Crippen LogP contribution in [0.1, 0.15) is 11.6 Å². The molecule has 8 nitrogen and oxygen atoms in total. The van der Waals surface area contributed by atoms with E-state index in [1.165, 1.54) is 12.4 Å². The summed E-state index contributed by atoms with van der Waals surface area (Å²) in [6.45, 7) is -0.373. The molecule has 0 spiro atoms. The molecule has 0 bridgehead atoms. The molecule has 0 aromatic carbocycles. The summed E-state index contributed by atoms with van der Waals surface area (Å²) in [4.78, 5) is -0.0706. The fourth-order valence-corrected chi connectivity index (χ4v) is 3.34. The highest BCUT2D eigenvalue weighted by molar-refractivity contribution is 9.10. The van der Waals surface area contributed by atoms with E-state index in [1.807, 2.05) is 0 Å². The lowest BCUT2D eigenvalue weighted by Gasteiger charge is -2.04. The Bertz CT molecular complexity index is 678. The third-order valence-corrected chi connectivity index (χ3v) is 4.64. The van der Waals surface area contributed by atoms with Crippen molar-refractivity contribution in [2.24, 2.45) is 7.05 Å². The van der Waals surface area contributed by atoms with E-state index in [9.17, 15) is 8.42 Å². The molecule has 104 valence electrons. The standard InChI is InChI=1S/C9H11BrN4O4S/c1-14-5-11-13-8(14)3-12-19(16,17)7-2-6(4-15)18-9(7)10/h2,5,12,15H,3-4H2,1H3. The van der Waals surface area contributed by atoms with E-state index in [0.29, 0.717) is 5.82 Å². The van der Waals surface area contributed by atoms with Crippen LogP contribution in [0, 0.1) is 0 Å². The molecule has 19 heavy (non-hydrogen) atoms. The number of aliphatic hydroxyl groups excluding tert-OH is 1. The van der Waals surface area contributed by atoms with Crippen LogP contribution in [0.5, 0.6) is 0 Å². The quantitative estimate of drug-likeness (QED) is 0.793. The minimum Gasteiger partial charge on any atom is -0.450 e. The molecule has 0 radical (unpaired) electrons. The highest BCUT2D eigenvalue weighted by Gasteiger charge is 2.22. The molecule has 2 aromatic heterocycles. The summed E-state index contributed by atoms with van der Waals surface area (Å²) in [5.74, 6) is 0.636. The molecule has 0 saturated carbocycles. The summed E-state index contributed by atoms with van der Waals surface area (Å²) in [5, 5.41) is 16.3. The van der Waals surface area contributed by atoms with Gasteiger partial charge in [-0.15, -0.1) is 10.2 Å². The molecule has 0 fully saturated rings. The summed E-state index contributed by atoms with van der Waals surface area (Å²) in [7, 11) is -2.05.